The molecule has 0 heterocycles. The summed E-state index contributed by atoms with van der Waals surface area (Å²) >= 11 is 0. The minimum Gasteiger partial charge on any atom is -0.491 e. The summed E-state index contributed by atoms with van der Waals surface area (Å²) in [6.07, 6.45) is 1.57. The molecule has 0 spiro atoms. The molecule has 0 saturated carbocycles. The van der Waals surface area contributed by atoms with E-state index in [9.17, 15) is 4.79 Å². The highest BCUT2D eigenvalue weighted by Crippen LogP contribution is 2.19. The smallest absolute Gasteiger partial charge is 0.224 e. The fraction of sp³-hybridized carbons (Fsp3) is 0.562. The zero-order chi connectivity index (χ0) is 14.8. The summed E-state index contributed by atoms with van der Waals surface area (Å²) in [7, 11) is 0. The lowest BCUT2D eigenvalue weighted by Crippen LogP contribution is -2.33. The molecule has 120 valence electrons. The Morgan fingerprint density at radius 1 is 1.19 bits per heavy atom. The Morgan fingerprint density at radius 3 is 2.57 bits per heavy atom. The molecule has 0 aromatic heterocycles. The van der Waals surface area contributed by atoms with E-state index in [1.807, 2.05) is 38.1 Å². The number of nitrogens with one attached hydrogen (secondary N) is 2. The predicted octanol–water partition coefficient (Wildman–Crippen LogP) is 2.55. The first-order valence-corrected chi connectivity index (χ1v) is 7.35. The van der Waals surface area contributed by atoms with Gasteiger partial charge < -0.3 is 15.4 Å². The number of rotatable bonds is 9. The highest BCUT2D eigenvalue weighted by atomic mass is 35.5. The van der Waals surface area contributed by atoms with Gasteiger partial charge in [0.15, 0.2) is 0 Å². The van der Waals surface area contributed by atoms with Crippen molar-refractivity contribution >= 4 is 18.3 Å². The highest BCUT2D eigenvalue weighted by Gasteiger charge is 2.09. The maximum atomic E-state index is 11.9. The topological polar surface area (TPSA) is 50.4 Å². The van der Waals surface area contributed by atoms with Crippen molar-refractivity contribution in [1.29, 1.82) is 0 Å². The van der Waals surface area contributed by atoms with Crippen molar-refractivity contribution in [1.82, 2.24) is 10.6 Å². The van der Waals surface area contributed by atoms with Crippen molar-refractivity contribution in [3.8, 4) is 5.75 Å². The molecule has 2 N–H and O–H groups in total. The van der Waals surface area contributed by atoms with Crippen molar-refractivity contribution in [2.24, 2.45) is 0 Å². The number of carbonyl (C=O) groups is 1. The van der Waals surface area contributed by atoms with Crippen LogP contribution >= 0.6 is 12.4 Å². The van der Waals surface area contributed by atoms with Crippen LogP contribution in [0.15, 0.2) is 24.3 Å². The third-order valence-electron chi connectivity index (χ3n) is 2.74. The number of carbonyl (C=O) groups excluding carboxylic acids is 1. The molecular weight excluding hydrogens is 288 g/mol. The van der Waals surface area contributed by atoms with Crippen molar-refractivity contribution in [3.05, 3.63) is 29.8 Å². The maximum absolute atomic E-state index is 11.9. The van der Waals surface area contributed by atoms with Gasteiger partial charge in [0.25, 0.3) is 0 Å². The maximum Gasteiger partial charge on any atom is 0.224 e. The summed E-state index contributed by atoms with van der Waals surface area (Å²) in [5.74, 6) is 0.824. The minimum absolute atomic E-state index is 0. The van der Waals surface area contributed by atoms with Crippen molar-refractivity contribution < 1.29 is 9.53 Å². The summed E-state index contributed by atoms with van der Waals surface area (Å²) < 4.78 is 5.71. The van der Waals surface area contributed by atoms with Crippen LogP contribution in [0.1, 0.15) is 32.8 Å². The number of ether oxygens (including phenoxy) is 1. The first-order chi connectivity index (χ1) is 9.63. The molecule has 0 radical (unpaired) electrons. The second-order valence-corrected chi connectivity index (χ2v) is 5.05. The number of amides is 1. The number of benzene rings is 1. The molecule has 0 fully saturated rings. The van der Waals surface area contributed by atoms with Gasteiger partial charge in [-0.1, -0.05) is 25.1 Å². The van der Waals surface area contributed by atoms with Crippen LogP contribution in [0.25, 0.3) is 0 Å². The molecule has 21 heavy (non-hydrogen) atoms. The van der Waals surface area contributed by atoms with E-state index in [2.05, 4.69) is 17.6 Å². The summed E-state index contributed by atoms with van der Waals surface area (Å²) in [6, 6.07) is 7.70. The molecular formula is C16H27ClN2O2. The highest BCUT2D eigenvalue weighted by molar-refractivity contribution is 5.85. The Balaban J connectivity index is 0.00000400. The second kappa shape index (κ2) is 11.4. The summed E-state index contributed by atoms with van der Waals surface area (Å²) in [5.41, 5.74) is 0.931. The van der Waals surface area contributed by atoms with Gasteiger partial charge in [0.2, 0.25) is 5.91 Å². The summed E-state index contributed by atoms with van der Waals surface area (Å²) in [4.78, 5) is 11.9. The molecule has 0 bridgehead atoms. The average molecular weight is 315 g/mol. The van der Waals surface area contributed by atoms with E-state index in [4.69, 9.17) is 4.74 Å². The molecule has 5 heteroatoms. The minimum atomic E-state index is 0. The van der Waals surface area contributed by atoms with Gasteiger partial charge in [-0.15, -0.1) is 12.4 Å². The van der Waals surface area contributed by atoms with Gasteiger partial charge in [-0.05, 0) is 32.9 Å². The lowest BCUT2D eigenvalue weighted by Gasteiger charge is -2.14. The number of halogens is 1. The molecule has 0 saturated heterocycles. The van der Waals surface area contributed by atoms with E-state index in [1.54, 1.807) is 0 Å². The summed E-state index contributed by atoms with van der Waals surface area (Å²) in [5, 5.41) is 6.17. The first kappa shape index (κ1) is 19.7. The van der Waals surface area contributed by atoms with Gasteiger partial charge >= 0.3 is 0 Å². The van der Waals surface area contributed by atoms with Crippen molar-refractivity contribution in [2.75, 3.05) is 19.6 Å². The Bertz CT molecular complexity index is 411. The zero-order valence-corrected chi connectivity index (χ0v) is 14.0. The molecule has 4 nitrogen and oxygen atoms in total. The average Bonchev–Trinajstić information content (AvgIpc) is 2.40. The van der Waals surface area contributed by atoms with Crippen LogP contribution in [-0.4, -0.2) is 31.6 Å². The third kappa shape index (κ3) is 8.58. The quantitative estimate of drug-likeness (QED) is 0.689. The van der Waals surface area contributed by atoms with Crippen LogP contribution in [0, 0.1) is 0 Å². The molecule has 1 aromatic rings. The lowest BCUT2D eigenvalue weighted by atomic mass is 10.1. The lowest BCUT2D eigenvalue weighted by molar-refractivity contribution is -0.120. The van der Waals surface area contributed by atoms with Crippen LogP contribution < -0.4 is 15.4 Å². The molecule has 0 aliphatic carbocycles. The molecule has 1 amide bonds. The molecule has 0 aliphatic rings. The third-order valence-corrected chi connectivity index (χ3v) is 2.74. The Kier molecular flexibility index (Phi) is 10.7. The number of hydrogen-bond donors (Lipinski definition) is 2. The molecule has 1 aromatic carbocycles. The van der Waals surface area contributed by atoms with Gasteiger partial charge in [0.05, 0.1) is 12.5 Å². The van der Waals surface area contributed by atoms with Crippen molar-refractivity contribution in [3.63, 3.8) is 0 Å². The summed E-state index contributed by atoms with van der Waals surface area (Å²) in [6.45, 7) is 8.54. The van der Waals surface area contributed by atoms with Crippen LogP contribution in [0.3, 0.4) is 0 Å². The molecule has 1 rings (SSSR count). The van der Waals surface area contributed by atoms with E-state index < -0.39 is 0 Å². The SMILES string of the molecule is CCCNCCNC(=O)Cc1ccccc1OC(C)C.Cl. The largest absolute Gasteiger partial charge is 0.491 e. The molecule has 0 atom stereocenters. The van der Waals surface area contributed by atoms with Gasteiger partial charge in [-0.3, -0.25) is 4.79 Å². The normalized spacial score (nSPS) is 10.1. The van der Waals surface area contributed by atoms with Crippen LogP contribution in [0.5, 0.6) is 5.75 Å². The zero-order valence-electron chi connectivity index (χ0n) is 13.1. The molecule has 0 unspecified atom stereocenters. The number of hydrogen-bond acceptors (Lipinski definition) is 3. The number of para-hydroxylation sites is 1. The Morgan fingerprint density at radius 2 is 1.90 bits per heavy atom. The van der Waals surface area contributed by atoms with Crippen LogP contribution in [0.4, 0.5) is 0 Å². The van der Waals surface area contributed by atoms with Gasteiger partial charge in [-0.2, -0.15) is 0 Å². The van der Waals surface area contributed by atoms with Crippen LogP contribution in [-0.2, 0) is 11.2 Å². The van der Waals surface area contributed by atoms with E-state index in [-0.39, 0.29) is 24.4 Å². The van der Waals surface area contributed by atoms with E-state index in [1.165, 1.54) is 0 Å². The van der Waals surface area contributed by atoms with Gasteiger partial charge in [0, 0.05) is 18.7 Å². The second-order valence-electron chi connectivity index (χ2n) is 5.05. The fourth-order valence-electron chi connectivity index (χ4n) is 1.85. The Hall–Kier alpha value is -1.26. The van der Waals surface area contributed by atoms with Gasteiger partial charge in [0.1, 0.15) is 5.75 Å². The standard InChI is InChI=1S/C16H26N2O2.ClH/c1-4-9-17-10-11-18-16(19)12-14-7-5-6-8-15(14)20-13(2)3;/h5-8,13,17H,4,9-12H2,1-3H3,(H,18,19);1H. The van der Waals surface area contributed by atoms with Gasteiger partial charge in [-0.25, -0.2) is 0 Å². The predicted molar refractivity (Wildman–Crippen MR) is 89.3 cm³/mol. The first-order valence-electron chi connectivity index (χ1n) is 7.35. The fourth-order valence-corrected chi connectivity index (χ4v) is 1.85. The van der Waals surface area contributed by atoms with E-state index >= 15 is 0 Å². The molecule has 0 aliphatic heterocycles. The van der Waals surface area contributed by atoms with E-state index in [0.717, 1.165) is 30.8 Å². The van der Waals surface area contributed by atoms with Crippen molar-refractivity contribution in [2.45, 2.75) is 39.7 Å². The Labute approximate surface area is 134 Å². The van der Waals surface area contributed by atoms with Crippen LogP contribution in [0.2, 0.25) is 0 Å². The monoisotopic (exact) mass is 314 g/mol. The van der Waals surface area contributed by atoms with E-state index in [0.29, 0.717) is 13.0 Å².